The maximum absolute atomic E-state index is 14.3. The number of carbonyl (C=O) groups excluding carboxylic acids is 3. The fourth-order valence-corrected chi connectivity index (χ4v) is 4.38. The van der Waals surface area contributed by atoms with Crippen molar-refractivity contribution < 1.29 is 18.8 Å². The molecule has 4 rings (SSSR count). The molecule has 0 aromatic heterocycles. The van der Waals surface area contributed by atoms with Gasteiger partial charge in [0.15, 0.2) is 0 Å². The summed E-state index contributed by atoms with van der Waals surface area (Å²) in [5.41, 5.74) is 6.69. The number of hydrogen-bond acceptors (Lipinski definition) is 5. The summed E-state index contributed by atoms with van der Waals surface area (Å²) >= 11 is 0. The van der Waals surface area contributed by atoms with E-state index in [1.54, 1.807) is 4.90 Å². The number of carbonyl (C=O) groups is 3. The molecule has 1 aromatic carbocycles. The van der Waals surface area contributed by atoms with Gasteiger partial charge in [0.25, 0.3) is 5.91 Å². The molecule has 2 fully saturated rings. The molecule has 0 bridgehead atoms. The third-order valence-corrected chi connectivity index (χ3v) is 6.15. The highest BCUT2D eigenvalue weighted by Crippen LogP contribution is 2.32. The molecular weight excluding hydrogens is 363 g/mol. The van der Waals surface area contributed by atoms with Crippen molar-refractivity contribution in [2.75, 3.05) is 19.6 Å². The zero-order valence-electron chi connectivity index (χ0n) is 15.7. The van der Waals surface area contributed by atoms with Gasteiger partial charge in [0.2, 0.25) is 11.8 Å². The number of nitrogens with zero attached hydrogens (tertiary/aromatic N) is 2. The predicted molar refractivity (Wildman–Crippen MR) is 99.9 cm³/mol. The van der Waals surface area contributed by atoms with Crippen LogP contribution in [0.15, 0.2) is 18.2 Å². The second-order valence-corrected chi connectivity index (χ2v) is 7.98. The van der Waals surface area contributed by atoms with Gasteiger partial charge in [-0.05, 0) is 30.4 Å². The molecule has 1 aromatic rings. The van der Waals surface area contributed by atoms with E-state index in [0.29, 0.717) is 51.0 Å². The Morgan fingerprint density at radius 3 is 2.64 bits per heavy atom. The second kappa shape index (κ2) is 7.25. The van der Waals surface area contributed by atoms with Crippen LogP contribution in [0, 0.1) is 0 Å². The van der Waals surface area contributed by atoms with Gasteiger partial charge in [-0.3, -0.25) is 24.6 Å². The van der Waals surface area contributed by atoms with E-state index in [4.69, 9.17) is 5.73 Å². The topological polar surface area (TPSA) is 95.7 Å². The van der Waals surface area contributed by atoms with Crippen LogP contribution in [0.2, 0.25) is 0 Å². The van der Waals surface area contributed by atoms with Gasteiger partial charge in [-0.15, -0.1) is 0 Å². The minimum atomic E-state index is -1.28. The van der Waals surface area contributed by atoms with E-state index in [1.807, 2.05) is 18.2 Å². The molecule has 0 saturated carbocycles. The monoisotopic (exact) mass is 388 g/mol. The molecular formula is C20H25FN4O3. The van der Waals surface area contributed by atoms with Gasteiger partial charge in [-0.1, -0.05) is 18.2 Å². The zero-order chi connectivity index (χ0) is 19.9. The summed E-state index contributed by atoms with van der Waals surface area (Å²) in [6, 6.07) is 5.13. The van der Waals surface area contributed by atoms with Gasteiger partial charge in [0.1, 0.15) is 11.7 Å². The molecule has 0 aliphatic carbocycles. The van der Waals surface area contributed by atoms with Crippen molar-refractivity contribution in [3.63, 3.8) is 0 Å². The quantitative estimate of drug-likeness (QED) is 0.741. The molecule has 0 spiro atoms. The van der Waals surface area contributed by atoms with Crippen molar-refractivity contribution in [2.45, 2.75) is 50.5 Å². The van der Waals surface area contributed by atoms with E-state index < -0.39 is 17.6 Å². The number of likely N-dealkylation sites (tertiary alicyclic amines) is 1. The number of imide groups is 1. The van der Waals surface area contributed by atoms with Gasteiger partial charge < -0.3 is 10.6 Å². The summed E-state index contributed by atoms with van der Waals surface area (Å²) in [5.74, 6) is -0.868. The second-order valence-electron chi connectivity index (χ2n) is 7.98. The molecule has 3 aliphatic heterocycles. The van der Waals surface area contributed by atoms with Gasteiger partial charge in [0.05, 0.1) is 0 Å². The molecule has 8 heteroatoms. The first-order valence-electron chi connectivity index (χ1n) is 9.77. The Bertz CT molecular complexity index is 820. The molecule has 150 valence electrons. The van der Waals surface area contributed by atoms with Crippen LogP contribution in [0.4, 0.5) is 4.39 Å². The number of alkyl halides is 1. The molecule has 28 heavy (non-hydrogen) atoms. The van der Waals surface area contributed by atoms with Crippen molar-refractivity contribution in [3.8, 4) is 0 Å². The van der Waals surface area contributed by atoms with Crippen LogP contribution >= 0.6 is 0 Å². The molecule has 3 amide bonds. The molecule has 3 heterocycles. The van der Waals surface area contributed by atoms with E-state index in [9.17, 15) is 18.8 Å². The molecule has 1 unspecified atom stereocenters. The third kappa shape index (κ3) is 3.42. The third-order valence-electron chi connectivity index (χ3n) is 6.15. The zero-order valence-corrected chi connectivity index (χ0v) is 15.7. The Kier molecular flexibility index (Phi) is 4.93. The van der Waals surface area contributed by atoms with E-state index in [2.05, 4.69) is 10.2 Å². The molecule has 7 nitrogen and oxygen atoms in total. The minimum Gasteiger partial charge on any atom is -0.328 e. The number of hydrogen-bond donors (Lipinski definition) is 2. The highest BCUT2D eigenvalue weighted by atomic mass is 19.1. The number of benzene rings is 1. The van der Waals surface area contributed by atoms with E-state index in [1.165, 1.54) is 0 Å². The van der Waals surface area contributed by atoms with Crippen molar-refractivity contribution >= 4 is 17.7 Å². The molecule has 3 N–H and O–H groups in total. The van der Waals surface area contributed by atoms with Crippen LogP contribution in [-0.2, 0) is 22.7 Å². The first-order valence-corrected chi connectivity index (χ1v) is 9.77. The Morgan fingerprint density at radius 2 is 1.96 bits per heavy atom. The lowest BCUT2D eigenvalue weighted by Crippen LogP contribution is -2.52. The van der Waals surface area contributed by atoms with E-state index in [-0.39, 0.29) is 24.8 Å². The number of halogens is 1. The average Bonchev–Trinajstić information content (AvgIpc) is 3.01. The van der Waals surface area contributed by atoms with Crippen LogP contribution < -0.4 is 11.1 Å². The number of nitrogens with two attached hydrogens (primary N) is 1. The number of rotatable bonds is 4. The van der Waals surface area contributed by atoms with Crippen LogP contribution in [0.25, 0.3) is 0 Å². The summed E-state index contributed by atoms with van der Waals surface area (Å²) in [4.78, 5) is 40.4. The Balaban J connectivity index is 1.50. The fourth-order valence-electron chi connectivity index (χ4n) is 4.38. The maximum atomic E-state index is 14.3. The van der Waals surface area contributed by atoms with Gasteiger partial charge in [-0.2, -0.15) is 0 Å². The minimum absolute atomic E-state index is 0.0426. The molecule has 0 radical (unpaired) electrons. The Hall–Kier alpha value is -2.32. The number of nitrogens with one attached hydrogen (secondary N) is 1. The lowest BCUT2D eigenvalue weighted by Gasteiger charge is -2.35. The Morgan fingerprint density at radius 1 is 1.21 bits per heavy atom. The smallest absolute Gasteiger partial charge is 0.255 e. The van der Waals surface area contributed by atoms with Crippen LogP contribution in [-0.4, -0.2) is 58.9 Å². The van der Waals surface area contributed by atoms with Crippen molar-refractivity contribution in [1.29, 1.82) is 0 Å². The van der Waals surface area contributed by atoms with E-state index in [0.717, 1.165) is 11.1 Å². The highest BCUT2D eigenvalue weighted by molar-refractivity contribution is 6.05. The standard InChI is InChI=1S/C20H25FN4O3/c21-20(12-22)6-8-24(9-7-20)10-13-2-1-3-14-11-25(19(28)17(13)14)15-4-5-16(26)23-18(15)27/h1-3,15H,4-12,22H2,(H,23,26,27). The summed E-state index contributed by atoms with van der Waals surface area (Å²) in [7, 11) is 0. The summed E-state index contributed by atoms with van der Waals surface area (Å²) < 4.78 is 14.3. The van der Waals surface area contributed by atoms with Gasteiger partial charge in [-0.25, -0.2) is 4.39 Å². The molecule has 2 saturated heterocycles. The van der Waals surface area contributed by atoms with E-state index >= 15 is 0 Å². The molecule has 3 aliphatic rings. The van der Waals surface area contributed by atoms with Gasteiger partial charge in [0, 0.05) is 44.7 Å². The number of amides is 3. The van der Waals surface area contributed by atoms with Crippen LogP contribution in [0.1, 0.15) is 47.2 Å². The molecule has 1 atom stereocenters. The first-order chi connectivity index (χ1) is 13.4. The van der Waals surface area contributed by atoms with Crippen LogP contribution in [0.5, 0.6) is 0 Å². The van der Waals surface area contributed by atoms with Crippen LogP contribution in [0.3, 0.4) is 0 Å². The normalized spacial score (nSPS) is 25.0. The largest absolute Gasteiger partial charge is 0.328 e. The maximum Gasteiger partial charge on any atom is 0.255 e. The SMILES string of the molecule is NCC1(F)CCN(Cc2cccc3c2C(=O)N(C2CCC(=O)NC2=O)C3)CC1. The lowest BCUT2D eigenvalue weighted by atomic mass is 9.93. The summed E-state index contributed by atoms with van der Waals surface area (Å²) in [6.07, 6.45) is 1.39. The van der Waals surface area contributed by atoms with Gasteiger partial charge >= 0.3 is 0 Å². The first kappa shape index (κ1) is 19.0. The van der Waals surface area contributed by atoms with Crippen molar-refractivity contribution in [2.24, 2.45) is 5.73 Å². The Labute approximate surface area is 163 Å². The highest BCUT2D eigenvalue weighted by Gasteiger charge is 2.40. The fraction of sp³-hybridized carbons (Fsp3) is 0.550. The van der Waals surface area contributed by atoms with Crippen molar-refractivity contribution in [1.82, 2.24) is 15.1 Å². The number of piperidine rings is 2. The summed E-state index contributed by atoms with van der Waals surface area (Å²) in [5, 5.41) is 2.32. The average molecular weight is 388 g/mol. The van der Waals surface area contributed by atoms with Crippen molar-refractivity contribution in [3.05, 3.63) is 34.9 Å². The summed E-state index contributed by atoms with van der Waals surface area (Å²) in [6.45, 7) is 2.18. The lowest BCUT2D eigenvalue weighted by molar-refractivity contribution is -0.136. The number of fused-ring (bicyclic) bond motifs is 1. The predicted octanol–water partition coefficient (Wildman–Crippen LogP) is 0.710.